The summed E-state index contributed by atoms with van der Waals surface area (Å²) in [5.74, 6) is -0.473. The number of amides is 2. The molecule has 0 bridgehead atoms. The summed E-state index contributed by atoms with van der Waals surface area (Å²) in [6.45, 7) is 10.6. The van der Waals surface area contributed by atoms with Crippen LogP contribution >= 0.6 is 11.6 Å². The summed E-state index contributed by atoms with van der Waals surface area (Å²) in [6.07, 6.45) is 2.36. The lowest BCUT2D eigenvalue weighted by Gasteiger charge is -2.36. The Morgan fingerprint density at radius 1 is 1.24 bits per heavy atom. The molecule has 0 fully saturated rings. The number of pyridine rings is 1. The van der Waals surface area contributed by atoms with Crippen molar-refractivity contribution in [1.82, 2.24) is 20.4 Å². The van der Waals surface area contributed by atoms with Gasteiger partial charge in [0.15, 0.2) is 0 Å². The van der Waals surface area contributed by atoms with Crippen molar-refractivity contribution in [3.05, 3.63) is 29.0 Å². The fourth-order valence-corrected chi connectivity index (χ4v) is 2.44. The molecule has 0 saturated heterocycles. The van der Waals surface area contributed by atoms with Gasteiger partial charge >= 0.3 is 6.09 Å². The summed E-state index contributed by atoms with van der Waals surface area (Å²) < 4.78 is 5.24. The molecule has 2 N–H and O–H groups in total. The summed E-state index contributed by atoms with van der Waals surface area (Å²) in [5, 5.41) is 2.11. The second-order valence-electron chi connectivity index (χ2n) is 7.65. The van der Waals surface area contributed by atoms with Crippen LogP contribution in [0.25, 0.3) is 11.0 Å². The largest absolute Gasteiger partial charge is 0.443 e. The SMILES string of the molecule is CC(C)(C)OC(=O)NN(C(=O)c1cnc2[nH]ccc2c1Cl)C(C)(C)C. The van der Waals surface area contributed by atoms with Gasteiger partial charge in [-0.25, -0.2) is 20.2 Å². The molecule has 2 rings (SSSR count). The number of carbonyl (C=O) groups is 2. The lowest BCUT2D eigenvalue weighted by molar-refractivity contribution is 0.0118. The zero-order chi connectivity index (χ0) is 19.0. The highest BCUT2D eigenvalue weighted by atomic mass is 35.5. The van der Waals surface area contributed by atoms with E-state index in [1.807, 2.05) is 0 Å². The number of hydrogen-bond donors (Lipinski definition) is 2. The quantitative estimate of drug-likeness (QED) is 0.749. The van der Waals surface area contributed by atoms with E-state index in [0.717, 1.165) is 0 Å². The van der Waals surface area contributed by atoms with Crippen LogP contribution in [0.5, 0.6) is 0 Å². The van der Waals surface area contributed by atoms with E-state index >= 15 is 0 Å². The fraction of sp³-hybridized carbons (Fsp3) is 0.471. The Labute approximate surface area is 151 Å². The summed E-state index contributed by atoms with van der Waals surface area (Å²) >= 11 is 6.36. The molecule has 2 aromatic rings. The van der Waals surface area contributed by atoms with E-state index in [-0.39, 0.29) is 10.6 Å². The maximum absolute atomic E-state index is 13.0. The molecular formula is C17H23ClN4O3. The van der Waals surface area contributed by atoms with E-state index in [0.29, 0.717) is 11.0 Å². The third kappa shape index (κ3) is 4.42. The lowest BCUT2D eigenvalue weighted by Crippen LogP contribution is -2.56. The number of halogens is 1. The van der Waals surface area contributed by atoms with Gasteiger partial charge in [0.25, 0.3) is 5.91 Å². The first-order valence-electron chi connectivity index (χ1n) is 7.86. The number of fused-ring (bicyclic) bond motifs is 1. The smallest absolute Gasteiger partial charge is 0.426 e. The lowest BCUT2D eigenvalue weighted by atomic mass is 10.1. The average molecular weight is 367 g/mol. The van der Waals surface area contributed by atoms with E-state index in [4.69, 9.17) is 16.3 Å². The van der Waals surface area contributed by atoms with Crippen molar-refractivity contribution in [2.75, 3.05) is 0 Å². The summed E-state index contributed by atoms with van der Waals surface area (Å²) in [6, 6.07) is 1.74. The molecule has 8 heteroatoms. The minimum absolute atomic E-state index is 0.194. The Morgan fingerprint density at radius 3 is 2.44 bits per heavy atom. The number of hydrazine groups is 1. The monoisotopic (exact) mass is 366 g/mol. The number of rotatable bonds is 1. The number of carbonyl (C=O) groups excluding carboxylic acids is 2. The number of aromatic nitrogens is 2. The maximum Gasteiger partial charge on any atom is 0.426 e. The zero-order valence-corrected chi connectivity index (χ0v) is 16.0. The molecule has 0 aliphatic carbocycles. The second kappa shape index (κ2) is 6.55. The summed E-state index contributed by atoms with van der Waals surface area (Å²) in [4.78, 5) is 32.3. The van der Waals surface area contributed by atoms with Crippen LogP contribution in [0.3, 0.4) is 0 Å². The maximum atomic E-state index is 13.0. The van der Waals surface area contributed by atoms with Gasteiger partial charge in [0.2, 0.25) is 0 Å². The van der Waals surface area contributed by atoms with Crippen LogP contribution in [0.2, 0.25) is 5.02 Å². The van der Waals surface area contributed by atoms with Crippen molar-refractivity contribution in [3.8, 4) is 0 Å². The van der Waals surface area contributed by atoms with E-state index in [1.165, 1.54) is 11.2 Å². The predicted molar refractivity (Wildman–Crippen MR) is 96.4 cm³/mol. The Kier molecular flexibility index (Phi) is 4.99. The van der Waals surface area contributed by atoms with E-state index in [2.05, 4.69) is 15.4 Å². The van der Waals surface area contributed by atoms with Crippen LogP contribution < -0.4 is 5.43 Å². The van der Waals surface area contributed by atoms with Crippen molar-refractivity contribution in [1.29, 1.82) is 0 Å². The van der Waals surface area contributed by atoms with Crippen molar-refractivity contribution < 1.29 is 14.3 Å². The molecular weight excluding hydrogens is 344 g/mol. The third-order valence-electron chi connectivity index (χ3n) is 3.23. The molecule has 0 saturated carbocycles. The molecule has 7 nitrogen and oxygen atoms in total. The van der Waals surface area contributed by atoms with E-state index < -0.39 is 23.1 Å². The Balaban J connectivity index is 2.35. The van der Waals surface area contributed by atoms with Gasteiger partial charge in [0, 0.05) is 17.8 Å². The topological polar surface area (TPSA) is 87.3 Å². The van der Waals surface area contributed by atoms with Crippen LogP contribution in [0, 0.1) is 0 Å². The molecule has 0 radical (unpaired) electrons. The van der Waals surface area contributed by atoms with Gasteiger partial charge in [-0.1, -0.05) is 11.6 Å². The number of hydrogen-bond acceptors (Lipinski definition) is 4. The van der Waals surface area contributed by atoms with Crippen LogP contribution in [0.1, 0.15) is 51.9 Å². The average Bonchev–Trinajstić information content (AvgIpc) is 2.91. The van der Waals surface area contributed by atoms with Crippen LogP contribution in [0.15, 0.2) is 18.5 Å². The first kappa shape index (κ1) is 19.1. The highest BCUT2D eigenvalue weighted by Crippen LogP contribution is 2.27. The normalized spacial score (nSPS) is 12.1. The van der Waals surface area contributed by atoms with Crippen molar-refractivity contribution >= 4 is 34.6 Å². The minimum atomic E-state index is -0.720. The Hall–Kier alpha value is -2.28. The fourth-order valence-electron chi connectivity index (χ4n) is 2.16. The highest BCUT2D eigenvalue weighted by Gasteiger charge is 2.32. The molecule has 2 aromatic heterocycles. The standard InChI is InChI=1S/C17H23ClN4O3/c1-16(2,3)22(21-15(24)25-17(4,5)6)14(23)11-9-20-13-10(12(11)18)7-8-19-13/h7-9H,1-6H3,(H,19,20)(H,21,24). The van der Waals surface area contributed by atoms with Gasteiger partial charge in [0.05, 0.1) is 16.1 Å². The van der Waals surface area contributed by atoms with Crippen molar-refractivity contribution in [2.45, 2.75) is 52.7 Å². The molecule has 0 aliphatic rings. The molecule has 0 aromatic carbocycles. The minimum Gasteiger partial charge on any atom is -0.443 e. The first-order chi connectivity index (χ1) is 11.4. The van der Waals surface area contributed by atoms with Crippen LogP contribution in [0.4, 0.5) is 4.79 Å². The van der Waals surface area contributed by atoms with E-state index in [1.54, 1.807) is 53.8 Å². The zero-order valence-electron chi connectivity index (χ0n) is 15.2. The molecule has 0 unspecified atom stereocenters. The molecule has 0 spiro atoms. The van der Waals surface area contributed by atoms with Crippen molar-refractivity contribution in [3.63, 3.8) is 0 Å². The number of aromatic amines is 1. The summed E-state index contributed by atoms with van der Waals surface area (Å²) in [7, 11) is 0. The summed E-state index contributed by atoms with van der Waals surface area (Å²) in [5.41, 5.74) is 1.91. The highest BCUT2D eigenvalue weighted by molar-refractivity contribution is 6.38. The molecule has 0 aliphatic heterocycles. The number of nitrogens with zero attached hydrogens (tertiary/aromatic N) is 2. The molecule has 25 heavy (non-hydrogen) atoms. The number of nitrogens with one attached hydrogen (secondary N) is 2. The molecule has 2 amide bonds. The Bertz CT molecular complexity index is 802. The van der Waals surface area contributed by atoms with Crippen LogP contribution in [-0.4, -0.2) is 38.1 Å². The van der Waals surface area contributed by atoms with Gasteiger partial charge in [-0.05, 0) is 47.6 Å². The first-order valence-corrected chi connectivity index (χ1v) is 8.24. The molecule has 0 atom stereocenters. The second-order valence-corrected chi connectivity index (χ2v) is 8.03. The third-order valence-corrected chi connectivity index (χ3v) is 3.63. The van der Waals surface area contributed by atoms with Gasteiger partial charge < -0.3 is 9.72 Å². The van der Waals surface area contributed by atoms with Gasteiger partial charge in [-0.3, -0.25) is 4.79 Å². The predicted octanol–water partition coefficient (Wildman–Crippen LogP) is 3.90. The van der Waals surface area contributed by atoms with Crippen molar-refractivity contribution in [2.24, 2.45) is 0 Å². The molecule has 2 heterocycles. The molecule has 136 valence electrons. The number of H-pyrrole nitrogens is 1. The van der Waals surface area contributed by atoms with Gasteiger partial charge in [-0.2, -0.15) is 0 Å². The number of ether oxygens (including phenoxy) is 1. The van der Waals surface area contributed by atoms with Crippen LogP contribution in [-0.2, 0) is 4.74 Å². The van der Waals surface area contributed by atoms with Gasteiger partial charge in [-0.15, -0.1) is 0 Å². The van der Waals surface area contributed by atoms with Gasteiger partial charge in [0.1, 0.15) is 11.2 Å². The van der Waals surface area contributed by atoms with E-state index in [9.17, 15) is 9.59 Å². The Morgan fingerprint density at radius 2 is 1.88 bits per heavy atom.